The third-order valence-electron chi connectivity index (χ3n) is 11.3. The zero-order chi connectivity index (χ0) is 45.8. The Labute approximate surface area is 357 Å². The number of carbonyl (C=O) groups excluding carboxylic acids is 2. The van der Waals surface area contributed by atoms with Crippen molar-refractivity contribution in [3.8, 4) is 5.88 Å². The number of hydrogen-bond acceptors (Lipinski definition) is 14. The fourth-order valence-electron chi connectivity index (χ4n) is 5.60. The molecule has 17 nitrogen and oxygen atoms in total. The van der Waals surface area contributed by atoms with Gasteiger partial charge >= 0.3 is 28.5 Å². The summed E-state index contributed by atoms with van der Waals surface area (Å²) in [5.41, 5.74) is -1.12. The molecule has 3 aromatic rings. The summed E-state index contributed by atoms with van der Waals surface area (Å²) in [7, 11) is -9.57. The van der Waals surface area contributed by atoms with Gasteiger partial charge in [0, 0.05) is 12.6 Å². The van der Waals surface area contributed by atoms with E-state index >= 15 is 8.78 Å². The number of amides is 1. The number of halogens is 2. The maximum Gasteiger partial charge on any atom is 0.415 e. The number of carbonyl (C=O) groups is 2. The monoisotopic (exact) mass is 915 g/mol. The number of alkyl halides is 2. The second kappa shape index (κ2) is 19.1. The van der Waals surface area contributed by atoms with E-state index in [1.54, 1.807) is 6.07 Å². The quantitative estimate of drug-likeness (QED) is 0.0768. The number of benzene rings is 1. The predicted molar refractivity (Wildman–Crippen MR) is 223 cm³/mol. The standard InChI is InChI=1S/C39H59F2N5O12SSi2/c1-12-13-17-26(24-53-33-34(46(50)58-44-33)59(51,52)27-18-15-14-16-19-27)55-31(48)21-20-30(47)42-29-22-23-45(36(49)43-29)35-39(40,41)32(57-61(10,11)38(5,6)7)28(56-35)25-54-60(8,9)37(2,3)4/h14-16,18-19,22-23,26,28,32,35H,12-13,17,20-21,24-25H2,1-11H3,(H,42,43,47,49)/t26?,28-,32-,35-/m1/s1. The average molecular weight is 916 g/mol. The molecule has 1 aromatic carbocycles. The normalized spacial score (nSPS) is 19.1. The van der Waals surface area contributed by atoms with E-state index in [1.807, 2.05) is 74.7 Å². The van der Waals surface area contributed by atoms with E-state index in [2.05, 4.69) is 20.1 Å². The van der Waals surface area contributed by atoms with Gasteiger partial charge in [0.15, 0.2) is 16.6 Å². The van der Waals surface area contributed by atoms with Gasteiger partial charge in [0.1, 0.15) is 30.7 Å². The van der Waals surface area contributed by atoms with Crippen molar-refractivity contribution >= 4 is 44.2 Å². The molecule has 1 N–H and O–H groups in total. The van der Waals surface area contributed by atoms with Crippen molar-refractivity contribution < 1.29 is 59.4 Å². The lowest BCUT2D eigenvalue weighted by Gasteiger charge is -2.41. The number of ether oxygens (including phenoxy) is 3. The number of nitrogens with zero attached hydrogens (tertiary/aromatic N) is 4. The number of sulfone groups is 1. The van der Waals surface area contributed by atoms with Gasteiger partial charge in [-0.05, 0) is 72.2 Å². The molecule has 2 aromatic heterocycles. The zero-order valence-corrected chi connectivity index (χ0v) is 39.5. The number of rotatable bonds is 19. The molecule has 0 bridgehead atoms. The van der Waals surface area contributed by atoms with E-state index in [0.717, 1.165) is 6.20 Å². The van der Waals surface area contributed by atoms with Crippen molar-refractivity contribution in [3.05, 3.63) is 58.3 Å². The van der Waals surface area contributed by atoms with Crippen LogP contribution in [0.4, 0.5) is 14.6 Å². The summed E-state index contributed by atoms with van der Waals surface area (Å²) in [6.45, 7) is 20.9. The van der Waals surface area contributed by atoms with E-state index in [-0.39, 0.29) is 33.9 Å². The third kappa shape index (κ3) is 11.9. The molecule has 0 aliphatic carbocycles. The van der Waals surface area contributed by atoms with Gasteiger partial charge < -0.3 is 33.6 Å². The molecule has 0 saturated carbocycles. The number of nitrogens with one attached hydrogen (secondary N) is 1. The average Bonchev–Trinajstić information content (AvgIpc) is 3.65. The molecule has 1 unspecified atom stereocenters. The molecule has 0 radical (unpaired) electrons. The van der Waals surface area contributed by atoms with Crippen LogP contribution in [0.5, 0.6) is 5.88 Å². The van der Waals surface area contributed by atoms with Crippen molar-refractivity contribution in [1.29, 1.82) is 0 Å². The van der Waals surface area contributed by atoms with Crippen LogP contribution in [-0.2, 0) is 37.8 Å². The fourth-order valence-corrected chi connectivity index (χ4v) is 9.20. The Kier molecular flexibility index (Phi) is 15.5. The lowest BCUT2D eigenvalue weighted by Crippen LogP contribution is -2.53. The molecule has 340 valence electrons. The molecule has 4 rings (SSSR count). The minimum Gasteiger partial charge on any atom is -0.459 e. The van der Waals surface area contributed by atoms with E-state index in [0.29, 0.717) is 23.8 Å². The first kappa shape index (κ1) is 49.6. The van der Waals surface area contributed by atoms with Gasteiger partial charge in [0.2, 0.25) is 12.1 Å². The van der Waals surface area contributed by atoms with Crippen LogP contribution < -0.4 is 20.6 Å². The molecule has 22 heteroatoms. The number of aromatic nitrogens is 4. The van der Waals surface area contributed by atoms with E-state index in [4.69, 9.17) is 23.1 Å². The molecular weight excluding hydrogens is 857 g/mol. The summed E-state index contributed by atoms with van der Waals surface area (Å²) in [5, 5.41) is 16.6. The number of anilines is 1. The molecule has 3 heterocycles. The zero-order valence-electron chi connectivity index (χ0n) is 36.7. The van der Waals surface area contributed by atoms with Crippen molar-refractivity contribution in [1.82, 2.24) is 14.7 Å². The molecular formula is C39H59F2N5O12SSi2. The summed E-state index contributed by atoms with van der Waals surface area (Å²) in [6.07, 6.45) is -4.11. The van der Waals surface area contributed by atoms with Crippen molar-refractivity contribution in [2.45, 2.75) is 157 Å². The van der Waals surface area contributed by atoms with E-state index < -0.39 is 103 Å². The Balaban J connectivity index is 1.41. The minimum atomic E-state index is -4.39. The van der Waals surface area contributed by atoms with E-state index in [9.17, 15) is 28.0 Å². The second-order valence-corrected chi connectivity index (χ2v) is 29.5. The van der Waals surface area contributed by atoms with Crippen LogP contribution in [-0.4, -0.2) is 89.1 Å². The first-order chi connectivity index (χ1) is 28.1. The molecule has 1 saturated heterocycles. The Hall–Kier alpha value is -4.10. The smallest absolute Gasteiger partial charge is 0.415 e. The van der Waals surface area contributed by atoms with Crippen molar-refractivity contribution in [3.63, 3.8) is 0 Å². The lowest BCUT2D eigenvalue weighted by atomic mass is 10.1. The second-order valence-electron chi connectivity index (χ2n) is 18.0. The third-order valence-corrected chi connectivity index (χ3v) is 22.0. The first-order valence-corrected chi connectivity index (χ1v) is 27.4. The summed E-state index contributed by atoms with van der Waals surface area (Å²) in [6, 6.07) is 8.28. The minimum absolute atomic E-state index is 0.171. The van der Waals surface area contributed by atoms with Gasteiger partial charge in [0.05, 0.1) is 23.1 Å². The first-order valence-electron chi connectivity index (χ1n) is 20.1. The summed E-state index contributed by atoms with van der Waals surface area (Å²) in [5.74, 6) is -6.08. The lowest BCUT2D eigenvalue weighted by molar-refractivity contribution is -0.832. The number of unbranched alkanes of at least 4 members (excludes halogenated alkanes) is 1. The van der Waals surface area contributed by atoms with Gasteiger partial charge in [-0.2, -0.15) is 13.8 Å². The number of esters is 1. The molecule has 0 spiro atoms. The molecule has 1 amide bonds. The summed E-state index contributed by atoms with van der Waals surface area (Å²) < 4.78 is 93.8. The van der Waals surface area contributed by atoms with Crippen LogP contribution >= 0.6 is 0 Å². The van der Waals surface area contributed by atoms with Gasteiger partial charge in [-0.25, -0.2) is 13.2 Å². The Morgan fingerprint density at radius 1 is 1.03 bits per heavy atom. The predicted octanol–water partition coefficient (Wildman–Crippen LogP) is 6.54. The highest BCUT2D eigenvalue weighted by molar-refractivity contribution is 7.91. The highest BCUT2D eigenvalue weighted by atomic mass is 32.2. The van der Waals surface area contributed by atoms with E-state index in [1.165, 1.54) is 30.3 Å². The topological polar surface area (TPSA) is 214 Å². The van der Waals surface area contributed by atoms with Gasteiger partial charge in [0.25, 0.3) is 9.84 Å². The van der Waals surface area contributed by atoms with Crippen molar-refractivity contribution in [2.24, 2.45) is 0 Å². The summed E-state index contributed by atoms with van der Waals surface area (Å²) in [4.78, 5) is 42.3. The highest BCUT2D eigenvalue weighted by Gasteiger charge is 2.63. The van der Waals surface area contributed by atoms with Gasteiger partial charge in [-0.1, -0.05) is 73.1 Å². The van der Waals surface area contributed by atoms with Crippen LogP contribution in [0.25, 0.3) is 0 Å². The van der Waals surface area contributed by atoms with Crippen LogP contribution in [0.15, 0.2) is 61.9 Å². The molecule has 4 atom stereocenters. The maximum atomic E-state index is 16.4. The van der Waals surface area contributed by atoms with Crippen molar-refractivity contribution in [2.75, 3.05) is 18.5 Å². The number of hydrogen-bond donors (Lipinski definition) is 1. The SMILES string of the molecule is CCCCC(COc1no[n+]([O-])c1S(=O)(=O)c1ccccc1)OC(=O)CCC(=O)Nc1ccn([C@@H]2O[C@H](CO[Si](C)(C)C(C)(C)C)[C@@H](O[Si](C)(C)C(C)(C)C)C2(F)F)c(=O)n1. The Bertz CT molecular complexity index is 2160. The van der Waals surface area contributed by atoms with Gasteiger partial charge in [-0.15, -0.1) is 0 Å². The largest absolute Gasteiger partial charge is 0.459 e. The Morgan fingerprint density at radius 2 is 1.67 bits per heavy atom. The molecule has 1 aliphatic heterocycles. The Morgan fingerprint density at radius 3 is 2.26 bits per heavy atom. The van der Waals surface area contributed by atoms with Gasteiger partial charge in [-0.3, -0.25) is 18.8 Å². The van der Waals surface area contributed by atoms with Crippen LogP contribution in [0.3, 0.4) is 0 Å². The molecule has 1 aliphatic rings. The fraction of sp³-hybridized carbons (Fsp3) is 0.641. The highest BCUT2D eigenvalue weighted by Crippen LogP contribution is 2.48. The van der Waals surface area contributed by atoms with Crippen LogP contribution in [0.2, 0.25) is 36.3 Å². The maximum absolute atomic E-state index is 16.4. The van der Waals surface area contributed by atoms with Crippen LogP contribution in [0, 0.1) is 5.21 Å². The van der Waals surface area contributed by atoms with Crippen LogP contribution in [0.1, 0.15) is 86.8 Å². The molecule has 1 fully saturated rings. The summed E-state index contributed by atoms with van der Waals surface area (Å²) >= 11 is 0. The molecule has 61 heavy (non-hydrogen) atoms.